The summed E-state index contributed by atoms with van der Waals surface area (Å²) in [6.07, 6.45) is 3.52. The second-order valence-electron chi connectivity index (χ2n) is 1.56. The Bertz CT molecular complexity index is 119. The summed E-state index contributed by atoms with van der Waals surface area (Å²) in [4.78, 5) is 8.38. The highest BCUT2D eigenvalue weighted by Gasteiger charge is 1.78. The van der Waals surface area contributed by atoms with Crippen LogP contribution < -0.4 is 5.48 Å². The van der Waals surface area contributed by atoms with Crippen LogP contribution in [0.4, 0.5) is 0 Å². The van der Waals surface area contributed by atoms with Gasteiger partial charge in [-0.1, -0.05) is 13.8 Å². The highest BCUT2D eigenvalue weighted by Crippen LogP contribution is 1.81. The normalized spacial score (nSPS) is 10.8. The molecule has 0 aromatic heterocycles. The monoisotopic (exact) mass is 158 g/mol. The summed E-state index contributed by atoms with van der Waals surface area (Å²) < 4.78 is 0. The molecule has 0 aromatic rings. The van der Waals surface area contributed by atoms with E-state index < -0.39 is 0 Å². The van der Waals surface area contributed by atoms with E-state index in [1.54, 1.807) is 20.4 Å². The van der Waals surface area contributed by atoms with Gasteiger partial charge in [-0.25, -0.2) is 0 Å². The minimum absolute atomic E-state index is 0.933. The van der Waals surface area contributed by atoms with Gasteiger partial charge in [-0.2, -0.15) is 0 Å². The third kappa shape index (κ3) is 12.4. The van der Waals surface area contributed by atoms with Crippen LogP contribution in [0.2, 0.25) is 0 Å². The smallest absolute Gasteiger partial charge is 0.0636 e. The zero-order chi connectivity index (χ0) is 9.11. The Kier molecular flexibility index (Phi) is 13.9. The molecule has 0 spiro atoms. The molecule has 0 amide bonds. The summed E-state index contributed by atoms with van der Waals surface area (Å²) in [5.74, 6) is 0. The van der Waals surface area contributed by atoms with Gasteiger partial charge in [0.15, 0.2) is 0 Å². The van der Waals surface area contributed by atoms with Crippen molar-refractivity contribution < 1.29 is 4.84 Å². The van der Waals surface area contributed by atoms with Crippen molar-refractivity contribution in [2.75, 3.05) is 14.2 Å². The molecule has 0 heterocycles. The van der Waals surface area contributed by atoms with Gasteiger partial charge in [-0.05, 0) is 13.0 Å². The maximum absolute atomic E-state index is 4.62. The van der Waals surface area contributed by atoms with E-state index in [1.165, 1.54) is 0 Å². The van der Waals surface area contributed by atoms with E-state index in [1.807, 2.05) is 26.8 Å². The maximum atomic E-state index is 4.62. The molecule has 0 saturated heterocycles. The summed E-state index contributed by atoms with van der Waals surface area (Å²) in [5.41, 5.74) is 3.58. The number of allylic oxidation sites excluding steroid dienone is 2. The molecule has 0 unspecified atom stereocenters. The van der Waals surface area contributed by atoms with Crippen molar-refractivity contribution in [2.45, 2.75) is 20.8 Å². The first-order valence-corrected chi connectivity index (χ1v) is 3.69. The standard InChI is InChI=1S/C6H12N2O.C2H6/c1-6(8-9-3)4-5-7-2;1-2/h4-5,8H,1-3H3;1-2H3/b6-4+,7-5?;. The number of hydrogen-bond donors (Lipinski definition) is 1. The summed E-state index contributed by atoms with van der Waals surface area (Å²) in [6, 6.07) is 0. The molecule has 0 saturated carbocycles. The van der Waals surface area contributed by atoms with E-state index in [2.05, 4.69) is 15.3 Å². The summed E-state index contributed by atoms with van der Waals surface area (Å²) in [5, 5.41) is 0. The maximum Gasteiger partial charge on any atom is 0.0636 e. The van der Waals surface area contributed by atoms with Crippen molar-refractivity contribution in [1.82, 2.24) is 5.48 Å². The molecule has 0 rings (SSSR count). The van der Waals surface area contributed by atoms with Gasteiger partial charge in [0.25, 0.3) is 0 Å². The molecule has 0 radical (unpaired) electrons. The van der Waals surface area contributed by atoms with Crippen LogP contribution in [0.15, 0.2) is 16.8 Å². The Balaban J connectivity index is 0. The van der Waals surface area contributed by atoms with Crippen molar-refractivity contribution >= 4 is 6.21 Å². The number of aliphatic imine (C=N–C) groups is 1. The van der Waals surface area contributed by atoms with Crippen LogP contribution in [0, 0.1) is 0 Å². The van der Waals surface area contributed by atoms with Crippen LogP contribution in [0.1, 0.15) is 20.8 Å². The minimum atomic E-state index is 0.933. The van der Waals surface area contributed by atoms with Crippen LogP contribution in [0.3, 0.4) is 0 Å². The van der Waals surface area contributed by atoms with Gasteiger partial charge in [-0.3, -0.25) is 15.3 Å². The Morgan fingerprint density at radius 1 is 1.45 bits per heavy atom. The fraction of sp³-hybridized carbons (Fsp3) is 0.625. The molecule has 0 fully saturated rings. The molecule has 0 aromatic carbocycles. The van der Waals surface area contributed by atoms with Crippen LogP contribution >= 0.6 is 0 Å². The molecule has 11 heavy (non-hydrogen) atoms. The highest BCUT2D eigenvalue weighted by atomic mass is 16.6. The van der Waals surface area contributed by atoms with Gasteiger partial charge in [0, 0.05) is 19.0 Å². The summed E-state index contributed by atoms with van der Waals surface area (Å²) >= 11 is 0. The zero-order valence-corrected chi connectivity index (χ0v) is 8.01. The first kappa shape index (κ1) is 12.8. The molecule has 3 heteroatoms. The lowest BCUT2D eigenvalue weighted by molar-refractivity contribution is 0.118. The number of nitrogens with zero attached hydrogens (tertiary/aromatic N) is 1. The molecule has 0 atom stereocenters. The fourth-order valence-electron chi connectivity index (χ4n) is 0.381. The predicted molar refractivity (Wildman–Crippen MR) is 49.7 cm³/mol. The van der Waals surface area contributed by atoms with Crippen molar-refractivity contribution in [3.8, 4) is 0 Å². The van der Waals surface area contributed by atoms with E-state index in [0.717, 1.165) is 5.70 Å². The third-order valence-electron chi connectivity index (χ3n) is 0.737. The number of rotatable bonds is 3. The second kappa shape index (κ2) is 11.9. The molecule has 0 aliphatic rings. The van der Waals surface area contributed by atoms with E-state index in [9.17, 15) is 0 Å². The van der Waals surface area contributed by atoms with E-state index in [4.69, 9.17) is 0 Å². The Morgan fingerprint density at radius 2 is 2.00 bits per heavy atom. The highest BCUT2D eigenvalue weighted by molar-refractivity contribution is 5.71. The average molecular weight is 158 g/mol. The molecule has 0 aliphatic heterocycles. The first-order chi connectivity index (χ1) is 5.31. The lowest BCUT2D eigenvalue weighted by atomic mass is 10.5. The molecule has 1 N–H and O–H groups in total. The van der Waals surface area contributed by atoms with Gasteiger partial charge in [0.2, 0.25) is 0 Å². The second-order valence-corrected chi connectivity index (χ2v) is 1.56. The lowest BCUT2D eigenvalue weighted by Gasteiger charge is -1.98. The van der Waals surface area contributed by atoms with Gasteiger partial charge in [-0.15, -0.1) is 0 Å². The van der Waals surface area contributed by atoms with Crippen molar-refractivity contribution in [1.29, 1.82) is 0 Å². The van der Waals surface area contributed by atoms with E-state index >= 15 is 0 Å². The van der Waals surface area contributed by atoms with Crippen molar-refractivity contribution in [3.05, 3.63) is 11.8 Å². The van der Waals surface area contributed by atoms with Crippen molar-refractivity contribution in [3.63, 3.8) is 0 Å². The Labute approximate surface area is 69.1 Å². The molecule has 0 bridgehead atoms. The summed E-state index contributed by atoms with van der Waals surface area (Å²) in [6.45, 7) is 5.89. The van der Waals surface area contributed by atoms with Crippen LogP contribution in [0.25, 0.3) is 0 Å². The number of hydroxylamine groups is 1. The quantitative estimate of drug-likeness (QED) is 0.501. The third-order valence-corrected chi connectivity index (χ3v) is 0.737. The Morgan fingerprint density at radius 3 is 2.36 bits per heavy atom. The zero-order valence-electron chi connectivity index (χ0n) is 8.01. The fourth-order valence-corrected chi connectivity index (χ4v) is 0.381. The largest absolute Gasteiger partial charge is 0.296 e. The van der Waals surface area contributed by atoms with Crippen LogP contribution in [0.5, 0.6) is 0 Å². The van der Waals surface area contributed by atoms with E-state index in [0.29, 0.717) is 0 Å². The SMILES string of the molecule is CC.CN=C/C=C(\C)NOC. The van der Waals surface area contributed by atoms with Gasteiger partial charge in [0.05, 0.1) is 7.11 Å². The summed E-state index contributed by atoms with van der Waals surface area (Å²) in [7, 11) is 3.29. The number of hydrogen-bond acceptors (Lipinski definition) is 3. The van der Waals surface area contributed by atoms with Gasteiger partial charge >= 0.3 is 0 Å². The van der Waals surface area contributed by atoms with Gasteiger partial charge < -0.3 is 0 Å². The average Bonchev–Trinajstić information content (AvgIpc) is 2.05. The van der Waals surface area contributed by atoms with E-state index in [-0.39, 0.29) is 0 Å². The first-order valence-electron chi connectivity index (χ1n) is 3.69. The van der Waals surface area contributed by atoms with Crippen LogP contribution in [-0.2, 0) is 4.84 Å². The number of nitrogens with one attached hydrogen (secondary N) is 1. The molecular weight excluding hydrogens is 140 g/mol. The molecular formula is C8H18N2O. The van der Waals surface area contributed by atoms with Crippen LogP contribution in [-0.4, -0.2) is 20.4 Å². The lowest BCUT2D eigenvalue weighted by Crippen LogP contribution is -2.07. The van der Waals surface area contributed by atoms with Gasteiger partial charge in [0.1, 0.15) is 0 Å². The molecule has 66 valence electrons. The van der Waals surface area contributed by atoms with Crippen molar-refractivity contribution in [2.24, 2.45) is 4.99 Å². The Hall–Kier alpha value is -0.830. The molecule has 3 nitrogen and oxygen atoms in total. The predicted octanol–water partition coefficient (Wildman–Crippen LogP) is 1.77. The molecule has 0 aliphatic carbocycles. The minimum Gasteiger partial charge on any atom is -0.296 e. The topological polar surface area (TPSA) is 33.6 Å².